The summed E-state index contributed by atoms with van der Waals surface area (Å²) in [6, 6.07) is 10.2. The lowest BCUT2D eigenvalue weighted by Crippen LogP contribution is -2.17. The van der Waals surface area contributed by atoms with Gasteiger partial charge in [0, 0.05) is 11.6 Å². The highest BCUT2D eigenvalue weighted by molar-refractivity contribution is 7.92. The molecule has 1 saturated carbocycles. The summed E-state index contributed by atoms with van der Waals surface area (Å²) < 4.78 is 41.1. The van der Waals surface area contributed by atoms with Gasteiger partial charge in [0.15, 0.2) is 0 Å². The molecule has 0 aromatic heterocycles. The number of halogens is 1. The molecule has 24 heavy (non-hydrogen) atoms. The molecule has 2 N–H and O–H groups in total. The summed E-state index contributed by atoms with van der Waals surface area (Å²) in [5.41, 5.74) is 0.791. The van der Waals surface area contributed by atoms with Gasteiger partial charge in [-0.05, 0) is 49.6 Å². The molecule has 1 fully saturated rings. The second-order valence-electron chi connectivity index (χ2n) is 5.83. The molecule has 0 unspecified atom stereocenters. The van der Waals surface area contributed by atoms with E-state index in [1.807, 2.05) is 0 Å². The van der Waals surface area contributed by atoms with E-state index in [-0.39, 0.29) is 22.4 Å². The Bertz CT molecular complexity index is 892. The molecule has 1 amide bonds. The normalized spacial score (nSPS) is 14.2. The van der Waals surface area contributed by atoms with Gasteiger partial charge < -0.3 is 5.32 Å². The number of para-hydroxylation sites is 1. The molecule has 0 aliphatic heterocycles. The maximum absolute atomic E-state index is 13.7. The number of carbonyl (C=O) groups excluding carboxylic acids is 1. The zero-order valence-electron chi connectivity index (χ0n) is 13.0. The molecular weight excluding hydrogens is 331 g/mol. The van der Waals surface area contributed by atoms with Crippen molar-refractivity contribution < 1.29 is 17.6 Å². The van der Waals surface area contributed by atoms with E-state index in [1.165, 1.54) is 24.3 Å². The average molecular weight is 348 g/mol. The Balaban J connectivity index is 1.89. The zero-order chi connectivity index (χ0) is 17.3. The van der Waals surface area contributed by atoms with Crippen LogP contribution in [-0.2, 0) is 14.8 Å². The Hall–Kier alpha value is -2.41. The maximum Gasteiger partial charge on any atom is 0.262 e. The SMILES string of the molecule is Cc1ccc(NC(=O)C2CC2)cc1S(=O)(=O)Nc1ccccc1F. The monoisotopic (exact) mass is 348 g/mol. The summed E-state index contributed by atoms with van der Waals surface area (Å²) in [6.45, 7) is 1.64. The van der Waals surface area contributed by atoms with Crippen molar-refractivity contribution in [2.75, 3.05) is 10.0 Å². The first kappa shape index (κ1) is 16.4. The lowest BCUT2D eigenvalue weighted by molar-refractivity contribution is -0.117. The molecular formula is C17H17FN2O3S. The van der Waals surface area contributed by atoms with Crippen molar-refractivity contribution in [3.05, 3.63) is 53.8 Å². The van der Waals surface area contributed by atoms with E-state index in [4.69, 9.17) is 0 Å². The Morgan fingerprint density at radius 2 is 1.88 bits per heavy atom. The molecule has 2 aromatic rings. The highest BCUT2D eigenvalue weighted by Gasteiger charge is 2.30. The average Bonchev–Trinajstić information content (AvgIpc) is 3.36. The summed E-state index contributed by atoms with van der Waals surface area (Å²) in [5, 5.41) is 2.71. The largest absolute Gasteiger partial charge is 0.326 e. The number of nitrogens with one attached hydrogen (secondary N) is 2. The third-order valence-electron chi connectivity index (χ3n) is 3.81. The molecule has 1 aliphatic rings. The van der Waals surface area contributed by atoms with Crippen molar-refractivity contribution in [1.82, 2.24) is 0 Å². The van der Waals surface area contributed by atoms with Crippen LogP contribution in [0.1, 0.15) is 18.4 Å². The van der Waals surface area contributed by atoms with E-state index >= 15 is 0 Å². The van der Waals surface area contributed by atoms with E-state index in [0.29, 0.717) is 11.3 Å². The second kappa shape index (κ2) is 6.24. The van der Waals surface area contributed by atoms with Crippen molar-refractivity contribution in [1.29, 1.82) is 0 Å². The molecule has 0 bridgehead atoms. The lowest BCUT2D eigenvalue weighted by Gasteiger charge is -2.13. The summed E-state index contributed by atoms with van der Waals surface area (Å²) in [6.07, 6.45) is 1.72. The number of amides is 1. The third-order valence-corrected chi connectivity index (χ3v) is 5.32. The number of hydrogen-bond acceptors (Lipinski definition) is 3. The molecule has 0 saturated heterocycles. The van der Waals surface area contributed by atoms with Gasteiger partial charge in [0.2, 0.25) is 5.91 Å². The van der Waals surface area contributed by atoms with E-state index in [0.717, 1.165) is 12.8 Å². The molecule has 3 rings (SSSR count). The van der Waals surface area contributed by atoms with E-state index in [2.05, 4.69) is 10.0 Å². The van der Waals surface area contributed by atoms with Crippen molar-refractivity contribution in [2.45, 2.75) is 24.7 Å². The van der Waals surface area contributed by atoms with E-state index in [9.17, 15) is 17.6 Å². The fraction of sp³-hybridized carbons (Fsp3) is 0.235. The molecule has 0 atom stereocenters. The highest BCUT2D eigenvalue weighted by Crippen LogP contribution is 2.31. The van der Waals surface area contributed by atoms with Crippen LogP contribution < -0.4 is 10.0 Å². The molecule has 0 radical (unpaired) electrons. The van der Waals surface area contributed by atoms with Gasteiger partial charge in [-0.2, -0.15) is 0 Å². The third kappa shape index (κ3) is 3.56. The Labute approximate surface area is 139 Å². The van der Waals surface area contributed by atoms with Gasteiger partial charge in [-0.1, -0.05) is 18.2 Å². The highest BCUT2D eigenvalue weighted by atomic mass is 32.2. The van der Waals surface area contributed by atoms with Gasteiger partial charge in [0.25, 0.3) is 10.0 Å². The lowest BCUT2D eigenvalue weighted by atomic mass is 10.2. The van der Waals surface area contributed by atoms with Crippen LogP contribution in [0.25, 0.3) is 0 Å². The summed E-state index contributed by atoms with van der Waals surface area (Å²) in [5.74, 6) is -0.746. The summed E-state index contributed by atoms with van der Waals surface area (Å²) in [4.78, 5) is 11.8. The van der Waals surface area contributed by atoms with Crippen LogP contribution in [0, 0.1) is 18.7 Å². The van der Waals surface area contributed by atoms with Crippen LogP contribution in [0.5, 0.6) is 0 Å². The quantitative estimate of drug-likeness (QED) is 0.871. The van der Waals surface area contributed by atoms with Crippen molar-refractivity contribution in [2.24, 2.45) is 5.92 Å². The minimum Gasteiger partial charge on any atom is -0.326 e. The first-order chi connectivity index (χ1) is 11.4. The molecule has 5 nitrogen and oxygen atoms in total. The van der Waals surface area contributed by atoms with Crippen LogP contribution in [0.4, 0.5) is 15.8 Å². The van der Waals surface area contributed by atoms with Gasteiger partial charge in [0.1, 0.15) is 5.82 Å². The van der Waals surface area contributed by atoms with Crippen LogP contribution >= 0.6 is 0 Å². The van der Waals surface area contributed by atoms with Gasteiger partial charge in [-0.15, -0.1) is 0 Å². The number of sulfonamides is 1. The Morgan fingerprint density at radius 1 is 1.17 bits per heavy atom. The first-order valence-electron chi connectivity index (χ1n) is 7.56. The number of carbonyl (C=O) groups is 1. The topological polar surface area (TPSA) is 75.3 Å². The summed E-state index contributed by atoms with van der Waals surface area (Å²) in [7, 11) is -3.97. The van der Waals surface area contributed by atoms with E-state index in [1.54, 1.807) is 25.1 Å². The van der Waals surface area contributed by atoms with Gasteiger partial charge in [-0.25, -0.2) is 12.8 Å². The minimum atomic E-state index is -3.97. The fourth-order valence-electron chi connectivity index (χ4n) is 2.30. The van der Waals surface area contributed by atoms with Crippen LogP contribution in [0.15, 0.2) is 47.4 Å². The van der Waals surface area contributed by atoms with Gasteiger partial charge >= 0.3 is 0 Å². The number of rotatable bonds is 5. The molecule has 0 heterocycles. The van der Waals surface area contributed by atoms with Crippen molar-refractivity contribution in [3.63, 3.8) is 0 Å². The number of aryl methyl sites for hydroxylation is 1. The van der Waals surface area contributed by atoms with Crippen molar-refractivity contribution in [3.8, 4) is 0 Å². The Morgan fingerprint density at radius 3 is 2.54 bits per heavy atom. The Kier molecular flexibility index (Phi) is 4.28. The standard InChI is InChI=1S/C17H17FN2O3S/c1-11-6-9-13(19-17(21)12-7-8-12)10-16(11)24(22,23)20-15-5-3-2-4-14(15)18/h2-6,9-10,12,20H,7-8H2,1H3,(H,19,21). The summed E-state index contributed by atoms with van der Waals surface area (Å²) >= 11 is 0. The van der Waals surface area contributed by atoms with Gasteiger partial charge in [-0.3, -0.25) is 9.52 Å². The maximum atomic E-state index is 13.7. The number of hydrogen-bond donors (Lipinski definition) is 2. The predicted molar refractivity (Wildman–Crippen MR) is 89.7 cm³/mol. The van der Waals surface area contributed by atoms with Gasteiger partial charge in [0.05, 0.1) is 10.6 Å². The molecule has 1 aliphatic carbocycles. The molecule has 2 aromatic carbocycles. The second-order valence-corrected chi connectivity index (χ2v) is 7.48. The van der Waals surface area contributed by atoms with Crippen LogP contribution in [0.2, 0.25) is 0 Å². The smallest absolute Gasteiger partial charge is 0.262 e. The van der Waals surface area contributed by atoms with Crippen molar-refractivity contribution >= 4 is 27.3 Å². The molecule has 126 valence electrons. The first-order valence-corrected chi connectivity index (χ1v) is 9.04. The molecule has 7 heteroatoms. The number of benzene rings is 2. The number of anilines is 2. The minimum absolute atomic E-state index is 0.000602. The van der Waals surface area contributed by atoms with Crippen LogP contribution in [-0.4, -0.2) is 14.3 Å². The fourth-order valence-corrected chi connectivity index (χ4v) is 3.64. The van der Waals surface area contributed by atoms with Crippen LogP contribution in [0.3, 0.4) is 0 Å². The van der Waals surface area contributed by atoms with E-state index < -0.39 is 15.8 Å². The molecule has 0 spiro atoms. The zero-order valence-corrected chi connectivity index (χ0v) is 13.9. The predicted octanol–water partition coefficient (Wildman–Crippen LogP) is 3.28.